The van der Waals surface area contributed by atoms with Crippen molar-refractivity contribution >= 4 is 49.8 Å². The maximum atomic E-state index is 14.5. The summed E-state index contributed by atoms with van der Waals surface area (Å²) >= 11 is 7.82. The van der Waals surface area contributed by atoms with Crippen molar-refractivity contribution in [2.45, 2.75) is 12.2 Å². The van der Waals surface area contributed by atoms with Crippen LogP contribution in [0.3, 0.4) is 0 Å². The number of aromatic nitrogens is 8. The van der Waals surface area contributed by atoms with Gasteiger partial charge in [0.1, 0.15) is 5.65 Å². The third kappa shape index (κ3) is 3.74. The number of carbonyl (C=O) groups is 1. The van der Waals surface area contributed by atoms with Crippen LogP contribution in [0.5, 0.6) is 0 Å². The second kappa shape index (κ2) is 8.69. The summed E-state index contributed by atoms with van der Waals surface area (Å²) in [5.74, 6) is -0.654. The van der Waals surface area contributed by atoms with Crippen LogP contribution in [-0.4, -0.2) is 58.3 Å². The van der Waals surface area contributed by atoms with Crippen LogP contribution in [0, 0.1) is 0 Å². The summed E-state index contributed by atoms with van der Waals surface area (Å²) in [6.07, 6.45) is 3.30. The van der Waals surface area contributed by atoms with Gasteiger partial charge in [-0.15, -0.1) is 16.1 Å². The van der Waals surface area contributed by atoms with Crippen LogP contribution < -0.4 is 0 Å². The molecular formula is C24H14ClF3N8O2S. The van der Waals surface area contributed by atoms with E-state index < -0.39 is 23.2 Å². The molecule has 0 aliphatic carbocycles. The molecule has 0 unspecified atom stereocenters. The van der Waals surface area contributed by atoms with Gasteiger partial charge in [-0.05, 0) is 17.5 Å². The van der Waals surface area contributed by atoms with E-state index in [0.29, 0.717) is 28.9 Å². The van der Waals surface area contributed by atoms with Crippen LogP contribution in [0.15, 0.2) is 54.7 Å². The summed E-state index contributed by atoms with van der Waals surface area (Å²) in [5.41, 5.74) is -1.33. The van der Waals surface area contributed by atoms with Crippen LogP contribution in [-0.2, 0) is 10.9 Å². The molecule has 7 heterocycles. The molecule has 0 spiro atoms. The lowest BCUT2D eigenvalue weighted by atomic mass is 10.0. The minimum atomic E-state index is -4.89. The minimum absolute atomic E-state index is 0.00296. The molecule has 15 heteroatoms. The van der Waals surface area contributed by atoms with Gasteiger partial charge in [-0.25, -0.2) is 9.67 Å². The van der Waals surface area contributed by atoms with Gasteiger partial charge in [-0.1, -0.05) is 11.6 Å². The van der Waals surface area contributed by atoms with Gasteiger partial charge in [-0.2, -0.15) is 28.5 Å². The van der Waals surface area contributed by atoms with Crippen molar-refractivity contribution in [1.82, 2.24) is 39.3 Å². The Kier molecular flexibility index (Phi) is 5.33. The Hall–Kier alpha value is -4.14. The Morgan fingerprint density at radius 2 is 1.87 bits per heavy atom. The fourth-order valence-electron chi connectivity index (χ4n) is 4.60. The molecule has 0 amide bonds. The smallest absolute Gasteiger partial charge is 0.377 e. The number of pyridine rings is 2. The van der Waals surface area contributed by atoms with Gasteiger partial charge in [0.2, 0.25) is 0 Å². The molecule has 0 N–H and O–H groups in total. The van der Waals surface area contributed by atoms with Gasteiger partial charge < -0.3 is 9.30 Å². The van der Waals surface area contributed by atoms with Crippen LogP contribution in [0.2, 0.25) is 5.02 Å². The lowest BCUT2D eigenvalue weighted by Crippen LogP contribution is -2.30. The quantitative estimate of drug-likeness (QED) is 0.272. The van der Waals surface area contributed by atoms with Gasteiger partial charge in [0.05, 0.1) is 65.0 Å². The predicted octanol–water partition coefficient (Wildman–Crippen LogP) is 4.89. The molecule has 39 heavy (non-hydrogen) atoms. The van der Waals surface area contributed by atoms with E-state index in [1.807, 2.05) is 0 Å². The van der Waals surface area contributed by atoms with Gasteiger partial charge in [0, 0.05) is 28.7 Å². The molecule has 0 aromatic carbocycles. The van der Waals surface area contributed by atoms with Gasteiger partial charge in [-0.3, -0.25) is 9.78 Å². The first-order valence-electron chi connectivity index (χ1n) is 11.5. The standard InChI is InChI=1S/C24H14ClF3N8O2S/c25-17-5-14-16(9-34(12-10-38-11-12)22(14)33-23(17)36-30-2-3-31-36)20(37)15-6-32-35(21(15)24(26,27)28)18-7-29-8-19-13(18)1-4-39-19/h1-9,12H,10-11H2. The highest BCUT2D eigenvalue weighted by Gasteiger charge is 2.42. The number of halogens is 4. The van der Waals surface area contributed by atoms with E-state index in [0.717, 1.165) is 10.9 Å². The zero-order valence-corrected chi connectivity index (χ0v) is 21.1. The molecule has 1 aliphatic heterocycles. The van der Waals surface area contributed by atoms with Crippen LogP contribution in [0.4, 0.5) is 13.2 Å². The summed E-state index contributed by atoms with van der Waals surface area (Å²) in [6, 6.07) is 3.02. The minimum Gasteiger partial charge on any atom is -0.377 e. The lowest BCUT2D eigenvalue weighted by Gasteiger charge is -2.27. The zero-order chi connectivity index (χ0) is 26.9. The summed E-state index contributed by atoms with van der Waals surface area (Å²) in [4.78, 5) is 23.7. The van der Waals surface area contributed by atoms with Crippen molar-refractivity contribution in [3.05, 3.63) is 76.5 Å². The number of ketones is 1. The first-order chi connectivity index (χ1) is 18.8. The average molecular weight is 571 g/mol. The molecule has 1 aliphatic rings. The Bertz CT molecular complexity index is 1890. The number of thiophene rings is 1. The Morgan fingerprint density at radius 1 is 1.08 bits per heavy atom. The molecular weight excluding hydrogens is 557 g/mol. The number of rotatable bonds is 5. The molecule has 7 rings (SSSR count). The van der Waals surface area contributed by atoms with E-state index in [-0.39, 0.29) is 33.5 Å². The molecule has 0 atom stereocenters. The highest BCUT2D eigenvalue weighted by Crippen LogP contribution is 2.38. The van der Waals surface area contributed by atoms with E-state index in [1.165, 1.54) is 47.0 Å². The molecule has 6 aromatic rings. The summed E-state index contributed by atoms with van der Waals surface area (Å²) < 4.78 is 52.0. The van der Waals surface area contributed by atoms with Crippen LogP contribution >= 0.6 is 22.9 Å². The summed E-state index contributed by atoms with van der Waals surface area (Å²) in [6.45, 7) is 0.723. The second-order valence-electron chi connectivity index (χ2n) is 8.76. The molecule has 196 valence electrons. The largest absolute Gasteiger partial charge is 0.434 e. The Balaban J connectivity index is 1.42. The zero-order valence-electron chi connectivity index (χ0n) is 19.5. The fourth-order valence-corrected chi connectivity index (χ4v) is 5.60. The monoisotopic (exact) mass is 570 g/mol. The van der Waals surface area contributed by atoms with E-state index in [2.05, 4.69) is 25.3 Å². The van der Waals surface area contributed by atoms with E-state index in [9.17, 15) is 18.0 Å². The number of fused-ring (bicyclic) bond motifs is 2. The van der Waals surface area contributed by atoms with Crippen LogP contribution in [0.1, 0.15) is 27.7 Å². The second-order valence-corrected chi connectivity index (χ2v) is 10.1. The summed E-state index contributed by atoms with van der Waals surface area (Å²) in [7, 11) is 0. The number of hydrogen-bond acceptors (Lipinski definition) is 8. The number of nitrogens with zero attached hydrogens (tertiary/aromatic N) is 8. The van der Waals surface area contributed by atoms with Crippen molar-refractivity contribution < 1.29 is 22.7 Å². The normalized spacial score (nSPS) is 14.4. The number of hydrogen-bond donors (Lipinski definition) is 0. The topological polar surface area (TPSA) is 106 Å². The predicted molar refractivity (Wildman–Crippen MR) is 135 cm³/mol. The third-order valence-electron chi connectivity index (χ3n) is 6.48. The van der Waals surface area contributed by atoms with Crippen molar-refractivity contribution in [2.75, 3.05) is 13.2 Å². The van der Waals surface area contributed by atoms with Crippen molar-refractivity contribution in [2.24, 2.45) is 0 Å². The van der Waals surface area contributed by atoms with Crippen LogP contribution in [0.25, 0.3) is 32.6 Å². The molecule has 0 radical (unpaired) electrons. The van der Waals surface area contributed by atoms with E-state index in [4.69, 9.17) is 16.3 Å². The molecule has 1 fully saturated rings. The van der Waals surface area contributed by atoms with Crippen molar-refractivity contribution in [3.63, 3.8) is 0 Å². The van der Waals surface area contributed by atoms with Crippen molar-refractivity contribution in [3.8, 4) is 11.5 Å². The van der Waals surface area contributed by atoms with E-state index >= 15 is 0 Å². The van der Waals surface area contributed by atoms with E-state index in [1.54, 1.807) is 22.2 Å². The first kappa shape index (κ1) is 23.9. The van der Waals surface area contributed by atoms with Gasteiger partial charge in [0.15, 0.2) is 17.3 Å². The lowest BCUT2D eigenvalue weighted by molar-refractivity contribution is -0.143. The Morgan fingerprint density at radius 3 is 2.59 bits per heavy atom. The Labute approximate surface area is 225 Å². The number of carbonyl (C=O) groups excluding carboxylic acids is 1. The average Bonchev–Trinajstić information content (AvgIpc) is 3.67. The number of alkyl halides is 3. The third-order valence-corrected chi connectivity index (χ3v) is 7.61. The van der Waals surface area contributed by atoms with Gasteiger partial charge >= 0.3 is 6.18 Å². The molecule has 6 aromatic heterocycles. The first-order valence-corrected chi connectivity index (χ1v) is 12.7. The summed E-state index contributed by atoms with van der Waals surface area (Å²) in [5, 5.41) is 14.8. The maximum Gasteiger partial charge on any atom is 0.434 e. The fraction of sp³-hybridized carbons (Fsp3) is 0.167. The number of ether oxygens (including phenoxy) is 1. The molecule has 10 nitrogen and oxygen atoms in total. The van der Waals surface area contributed by atoms with Crippen molar-refractivity contribution in [1.29, 1.82) is 0 Å². The van der Waals surface area contributed by atoms with Gasteiger partial charge in [0.25, 0.3) is 0 Å². The highest BCUT2D eigenvalue weighted by molar-refractivity contribution is 7.17. The molecule has 0 bridgehead atoms. The SMILES string of the molecule is O=C(c1cnn(-c2cncc3sccc23)c1C(F)(F)F)c1cn(C2COC2)c2nc(-n3nccn3)c(Cl)cc12. The molecule has 1 saturated heterocycles. The molecule has 0 saturated carbocycles. The maximum absolute atomic E-state index is 14.5. The highest BCUT2D eigenvalue weighted by atomic mass is 35.5.